The van der Waals surface area contributed by atoms with Crippen molar-refractivity contribution in [1.82, 2.24) is 0 Å². The van der Waals surface area contributed by atoms with E-state index in [9.17, 15) is 20.0 Å². The van der Waals surface area contributed by atoms with Crippen LogP contribution in [-0.2, 0) is 0 Å². The predicted octanol–water partition coefficient (Wildman–Crippen LogP) is 0.966. The minimum atomic E-state index is 0.500. The normalized spacial score (nSPS) is 7.67. The highest BCUT2D eigenvalue weighted by Crippen LogP contribution is 1.99. The molecule has 0 saturated heterocycles. The topological polar surface area (TPSA) is 86.3 Å². The second-order valence-corrected chi connectivity index (χ2v) is 3.16. The van der Waals surface area contributed by atoms with E-state index in [0.717, 1.165) is 0 Å². The van der Waals surface area contributed by atoms with Crippen LogP contribution >= 0.6 is 0 Å². The van der Waals surface area contributed by atoms with Crippen molar-refractivity contribution in [1.29, 1.82) is 0 Å². The Balaban J connectivity index is 0. The van der Waals surface area contributed by atoms with E-state index in [1.807, 2.05) is 0 Å². The average Bonchev–Trinajstić information content (AvgIpc) is 2.27. The van der Waals surface area contributed by atoms with Crippen LogP contribution in [0.4, 0.5) is 0 Å². The quantitative estimate of drug-likeness (QED) is 0.258. The summed E-state index contributed by atoms with van der Waals surface area (Å²) in [5, 5.41) is 18.5. The van der Waals surface area contributed by atoms with Crippen molar-refractivity contribution in [2.45, 2.75) is 0 Å². The summed E-state index contributed by atoms with van der Waals surface area (Å²) in [7, 11) is 2.67. The largest absolute Gasteiger partial charge is 0.624 e. The molecule has 6 heteroatoms. The molecular formula is C12H16N2O4. The number of rotatable bonds is 2. The molecule has 1 aromatic rings. The van der Waals surface area contributed by atoms with Crippen LogP contribution in [0.2, 0.25) is 0 Å². The van der Waals surface area contributed by atoms with Gasteiger partial charge in [-0.25, -0.2) is 9.48 Å². The summed E-state index contributed by atoms with van der Waals surface area (Å²) in [6.45, 7) is 5.83. The molecule has 1 rings (SSSR count). The highest BCUT2D eigenvalue weighted by atomic mass is 16.5. The van der Waals surface area contributed by atoms with Crippen LogP contribution in [0.15, 0.2) is 24.3 Å². The summed E-state index contributed by atoms with van der Waals surface area (Å²) in [6.07, 6.45) is 1.43. The van der Waals surface area contributed by atoms with E-state index in [1.165, 1.54) is 14.1 Å². The third-order valence-corrected chi connectivity index (χ3v) is 1.18. The maximum Gasteiger partial charge on any atom is 0.150 e. The lowest BCUT2D eigenvalue weighted by Crippen LogP contribution is -1.82. The van der Waals surface area contributed by atoms with E-state index in [1.54, 1.807) is 24.3 Å². The minimum absolute atomic E-state index is 0.500. The molecule has 1 aromatic carbocycles. The van der Waals surface area contributed by atoms with Crippen molar-refractivity contribution in [2.24, 2.45) is 0 Å². The van der Waals surface area contributed by atoms with E-state index < -0.39 is 0 Å². The van der Waals surface area contributed by atoms with E-state index in [2.05, 4.69) is 13.4 Å². The van der Waals surface area contributed by atoms with Crippen molar-refractivity contribution >= 4 is 26.0 Å². The van der Waals surface area contributed by atoms with Crippen LogP contribution in [-0.4, -0.2) is 49.6 Å². The number of hydroxylamine groups is 2. The number of hydrogen-bond donors (Lipinski definition) is 0. The van der Waals surface area contributed by atoms with Crippen LogP contribution in [0.5, 0.6) is 0 Å². The zero-order chi connectivity index (χ0) is 14.6. The molecule has 0 aliphatic heterocycles. The average molecular weight is 252 g/mol. The lowest BCUT2D eigenvalue weighted by molar-refractivity contribution is -0.412. The summed E-state index contributed by atoms with van der Waals surface area (Å²) in [6, 6.07) is 6.52. The Morgan fingerprint density at radius 3 is 1.50 bits per heavy atom. The molecule has 0 spiro atoms. The van der Waals surface area contributed by atoms with Crippen LogP contribution < -0.4 is 0 Å². The van der Waals surface area contributed by atoms with Crippen molar-refractivity contribution in [3.8, 4) is 0 Å². The molecule has 0 fully saturated rings. The van der Waals surface area contributed by atoms with Crippen molar-refractivity contribution in [3.05, 3.63) is 45.8 Å². The molecule has 0 atom stereocenters. The molecule has 0 aromatic heterocycles. The summed E-state index contributed by atoms with van der Waals surface area (Å²) >= 11 is 0. The van der Waals surface area contributed by atoms with Gasteiger partial charge in [-0.2, -0.15) is 0 Å². The van der Waals surface area contributed by atoms with Gasteiger partial charge in [-0.1, -0.05) is 18.2 Å². The van der Waals surface area contributed by atoms with Gasteiger partial charge in [0.05, 0.1) is 0 Å². The fourth-order valence-corrected chi connectivity index (χ4v) is 0.706. The predicted molar refractivity (Wildman–Crippen MR) is 70.6 cm³/mol. The van der Waals surface area contributed by atoms with E-state index >= 15 is 0 Å². The molecule has 0 heterocycles. The van der Waals surface area contributed by atoms with Crippen LogP contribution in [0.25, 0.3) is 0 Å². The van der Waals surface area contributed by atoms with Gasteiger partial charge < -0.3 is 10.4 Å². The summed E-state index contributed by atoms with van der Waals surface area (Å²) in [5.41, 5.74) is 1.06. The molecule has 0 unspecified atom stereocenters. The third-order valence-electron chi connectivity index (χ3n) is 1.18. The Bertz CT molecular complexity index is 373. The molecule has 0 aliphatic rings. The summed E-state index contributed by atoms with van der Waals surface area (Å²) in [5.74, 6) is 0. The first-order valence-electron chi connectivity index (χ1n) is 4.76. The number of carbonyl (C=O) groups excluding carboxylic acids is 2. The van der Waals surface area contributed by atoms with Gasteiger partial charge in [-0.15, -0.1) is 0 Å². The van der Waals surface area contributed by atoms with Crippen molar-refractivity contribution in [2.75, 3.05) is 14.1 Å². The first-order valence-corrected chi connectivity index (χ1v) is 4.76. The monoisotopic (exact) mass is 252 g/mol. The molecule has 0 aliphatic carbocycles. The second kappa shape index (κ2) is 11.0. The van der Waals surface area contributed by atoms with Crippen LogP contribution in [0.3, 0.4) is 0 Å². The first-order chi connectivity index (χ1) is 8.33. The van der Waals surface area contributed by atoms with Crippen molar-refractivity contribution in [3.63, 3.8) is 0 Å². The minimum Gasteiger partial charge on any atom is -0.624 e. The molecule has 0 amide bonds. The lowest BCUT2D eigenvalue weighted by atomic mass is 10.2. The highest BCUT2D eigenvalue weighted by Gasteiger charge is 1.90. The zero-order valence-corrected chi connectivity index (χ0v) is 10.4. The molecule has 18 heavy (non-hydrogen) atoms. The number of nitrogens with zero attached hydrogens (tertiary/aromatic N) is 2. The van der Waals surface area contributed by atoms with Crippen LogP contribution in [0.1, 0.15) is 20.7 Å². The zero-order valence-electron chi connectivity index (χ0n) is 10.4. The molecule has 0 radical (unpaired) electrons. The maximum atomic E-state index is 10.2. The van der Waals surface area contributed by atoms with Gasteiger partial charge in [0.1, 0.15) is 40.1 Å². The summed E-state index contributed by atoms with van der Waals surface area (Å²) in [4.78, 5) is 20.3. The van der Waals surface area contributed by atoms with Gasteiger partial charge in [0, 0.05) is 11.1 Å². The van der Waals surface area contributed by atoms with Gasteiger partial charge >= 0.3 is 0 Å². The Hall–Kier alpha value is -2.50. The number of benzene rings is 1. The van der Waals surface area contributed by atoms with E-state index in [0.29, 0.717) is 33.2 Å². The molecule has 98 valence electrons. The van der Waals surface area contributed by atoms with Crippen molar-refractivity contribution < 1.29 is 19.1 Å². The Morgan fingerprint density at radius 2 is 1.28 bits per heavy atom. The second-order valence-electron chi connectivity index (χ2n) is 3.16. The molecule has 0 bridgehead atoms. The number of aldehydes is 2. The lowest BCUT2D eigenvalue weighted by Gasteiger charge is -1.89. The fraction of sp³-hybridized carbons (Fsp3) is 0.167. The van der Waals surface area contributed by atoms with Gasteiger partial charge in [0.2, 0.25) is 0 Å². The fourth-order valence-electron chi connectivity index (χ4n) is 0.706. The van der Waals surface area contributed by atoms with Crippen LogP contribution in [0, 0.1) is 10.4 Å². The Labute approximate surface area is 106 Å². The molecular weight excluding hydrogens is 236 g/mol. The smallest absolute Gasteiger partial charge is 0.150 e. The molecule has 6 nitrogen and oxygen atoms in total. The van der Waals surface area contributed by atoms with E-state index in [4.69, 9.17) is 0 Å². The SMILES string of the molecule is C=[N+](C)[O-].C=[N+](C)[O-].O=Cc1cccc(C=O)c1. The van der Waals surface area contributed by atoms with Gasteiger partial charge in [-0.05, 0) is 6.07 Å². The standard InChI is InChI=1S/C8H6O2.2C2H5NO/c9-5-7-2-1-3-8(4-7)6-10;2*1-3(2)4/h1-6H;2*1H2,2H3. The van der Waals surface area contributed by atoms with Gasteiger partial charge in [-0.3, -0.25) is 9.59 Å². The van der Waals surface area contributed by atoms with Gasteiger partial charge in [0.25, 0.3) is 0 Å². The molecule has 0 N–H and O–H groups in total. The third kappa shape index (κ3) is 15.9. The Morgan fingerprint density at radius 1 is 1.00 bits per heavy atom. The molecule has 0 saturated carbocycles. The number of hydrogen-bond acceptors (Lipinski definition) is 4. The van der Waals surface area contributed by atoms with Gasteiger partial charge in [0.15, 0.2) is 0 Å². The Kier molecular flexibility index (Phi) is 10.9. The maximum absolute atomic E-state index is 10.2. The van der Waals surface area contributed by atoms with E-state index in [-0.39, 0.29) is 0 Å². The highest BCUT2D eigenvalue weighted by molar-refractivity contribution is 5.81. The summed E-state index contributed by atoms with van der Waals surface area (Å²) < 4.78 is 1.00. The first kappa shape index (κ1) is 17.9. The number of carbonyl (C=O) groups is 2.